The quantitative estimate of drug-likeness (QED) is 0.837. The van der Waals surface area contributed by atoms with Crippen molar-refractivity contribution in [2.24, 2.45) is 5.92 Å². The van der Waals surface area contributed by atoms with Gasteiger partial charge in [-0.05, 0) is 29.7 Å². The number of hydrogen-bond acceptors (Lipinski definition) is 2. The fourth-order valence-corrected chi connectivity index (χ4v) is 2.63. The van der Waals surface area contributed by atoms with Crippen molar-refractivity contribution in [1.29, 1.82) is 5.26 Å². The van der Waals surface area contributed by atoms with Crippen LogP contribution in [0, 0.1) is 17.2 Å². The smallest absolute Gasteiger partial charge is 0.0992 e. The van der Waals surface area contributed by atoms with Gasteiger partial charge < -0.3 is 5.32 Å². The van der Waals surface area contributed by atoms with E-state index in [0.717, 1.165) is 12.2 Å². The Balaban J connectivity index is 2.11. The van der Waals surface area contributed by atoms with Gasteiger partial charge in [-0.25, -0.2) is 0 Å². The van der Waals surface area contributed by atoms with Gasteiger partial charge in [0.25, 0.3) is 0 Å². The summed E-state index contributed by atoms with van der Waals surface area (Å²) in [5.41, 5.74) is 2.77. The third-order valence-corrected chi connectivity index (χ3v) is 3.96. The molecule has 0 aliphatic carbocycles. The number of nitriles is 1. The van der Waals surface area contributed by atoms with E-state index in [0.29, 0.717) is 22.4 Å². The molecular weight excluding hydrogens is 280 g/mol. The molecule has 3 heteroatoms. The van der Waals surface area contributed by atoms with E-state index in [-0.39, 0.29) is 0 Å². The average Bonchev–Trinajstić information content (AvgIpc) is 2.49. The number of halogens is 1. The molecule has 0 aliphatic heterocycles. The molecule has 21 heavy (non-hydrogen) atoms. The largest absolute Gasteiger partial charge is 0.383 e. The lowest BCUT2D eigenvalue weighted by Gasteiger charge is -2.23. The number of hydrogen-bond donors (Lipinski definition) is 1. The van der Waals surface area contributed by atoms with Crippen LogP contribution in [-0.2, 0) is 0 Å². The van der Waals surface area contributed by atoms with Crippen molar-refractivity contribution in [3.05, 3.63) is 64.7 Å². The minimum Gasteiger partial charge on any atom is -0.383 e. The highest BCUT2D eigenvalue weighted by molar-refractivity contribution is 6.33. The van der Waals surface area contributed by atoms with Gasteiger partial charge in [0.15, 0.2) is 0 Å². The molecular formula is C18H19ClN2. The van der Waals surface area contributed by atoms with E-state index in [9.17, 15) is 0 Å². The van der Waals surface area contributed by atoms with Gasteiger partial charge in [-0.3, -0.25) is 0 Å². The van der Waals surface area contributed by atoms with E-state index < -0.39 is 0 Å². The molecule has 0 aliphatic rings. The van der Waals surface area contributed by atoms with Crippen LogP contribution in [0.4, 0.5) is 5.69 Å². The van der Waals surface area contributed by atoms with E-state index in [1.807, 2.05) is 12.1 Å². The molecule has 0 saturated carbocycles. The Morgan fingerprint density at radius 3 is 2.43 bits per heavy atom. The third kappa shape index (κ3) is 4.00. The lowest BCUT2D eigenvalue weighted by atomic mass is 9.88. The van der Waals surface area contributed by atoms with E-state index in [1.165, 1.54) is 5.56 Å². The van der Waals surface area contributed by atoms with Crippen LogP contribution in [-0.4, -0.2) is 6.54 Å². The number of nitrogens with one attached hydrogen (secondary N) is 1. The van der Waals surface area contributed by atoms with Gasteiger partial charge in [0.1, 0.15) is 0 Å². The number of anilines is 1. The second kappa shape index (κ2) is 7.15. The van der Waals surface area contributed by atoms with Crippen molar-refractivity contribution in [1.82, 2.24) is 0 Å². The van der Waals surface area contributed by atoms with Crippen LogP contribution in [0.15, 0.2) is 48.5 Å². The minimum atomic E-state index is 0.415. The van der Waals surface area contributed by atoms with Crippen LogP contribution in [0.5, 0.6) is 0 Å². The van der Waals surface area contributed by atoms with Gasteiger partial charge in [0.2, 0.25) is 0 Å². The predicted molar refractivity (Wildman–Crippen MR) is 88.7 cm³/mol. The Morgan fingerprint density at radius 2 is 1.86 bits per heavy atom. The van der Waals surface area contributed by atoms with E-state index >= 15 is 0 Å². The summed E-state index contributed by atoms with van der Waals surface area (Å²) in [4.78, 5) is 0. The number of benzene rings is 2. The van der Waals surface area contributed by atoms with Crippen LogP contribution in [0.2, 0.25) is 5.02 Å². The summed E-state index contributed by atoms with van der Waals surface area (Å²) in [6, 6.07) is 17.9. The third-order valence-electron chi connectivity index (χ3n) is 3.64. The van der Waals surface area contributed by atoms with Crippen molar-refractivity contribution < 1.29 is 0 Å². The molecule has 0 radical (unpaired) electrons. The Kier molecular flexibility index (Phi) is 5.25. The maximum atomic E-state index is 8.86. The van der Waals surface area contributed by atoms with Crippen molar-refractivity contribution in [2.75, 3.05) is 11.9 Å². The summed E-state index contributed by atoms with van der Waals surface area (Å²) in [7, 11) is 0. The van der Waals surface area contributed by atoms with Crippen molar-refractivity contribution in [3.63, 3.8) is 0 Å². The van der Waals surface area contributed by atoms with E-state index in [2.05, 4.69) is 49.5 Å². The lowest BCUT2D eigenvalue weighted by Crippen LogP contribution is -2.17. The maximum absolute atomic E-state index is 8.86. The molecule has 1 unspecified atom stereocenters. The Morgan fingerprint density at radius 1 is 1.14 bits per heavy atom. The van der Waals surface area contributed by atoms with Gasteiger partial charge in [-0.2, -0.15) is 5.26 Å². The zero-order chi connectivity index (χ0) is 15.2. The first-order valence-corrected chi connectivity index (χ1v) is 7.48. The van der Waals surface area contributed by atoms with Crippen LogP contribution >= 0.6 is 11.6 Å². The van der Waals surface area contributed by atoms with Gasteiger partial charge in [0.05, 0.1) is 22.3 Å². The minimum absolute atomic E-state index is 0.415. The van der Waals surface area contributed by atoms with Crippen molar-refractivity contribution in [2.45, 2.75) is 19.8 Å². The van der Waals surface area contributed by atoms with Crippen LogP contribution in [0.1, 0.15) is 30.9 Å². The molecule has 108 valence electrons. The highest BCUT2D eigenvalue weighted by Gasteiger charge is 2.15. The molecule has 2 rings (SSSR count). The summed E-state index contributed by atoms with van der Waals surface area (Å²) < 4.78 is 0. The maximum Gasteiger partial charge on any atom is 0.0992 e. The van der Waals surface area contributed by atoms with Gasteiger partial charge in [-0.15, -0.1) is 0 Å². The summed E-state index contributed by atoms with van der Waals surface area (Å²) in [6.07, 6.45) is 0. The first kappa shape index (κ1) is 15.4. The molecule has 2 aromatic rings. The van der Waals surface area contributed by atoms with Crippen molar-refractivity contribution >= 4 is 17.3 Å². The summed E-state index contributed by atoms with van der Waals surface area (Å²) in [6.45, 7) is 5.26. The van der Waals surface area contributed by atoms with Gasteiger partial charge in [0, 0.05) is 12.5 Å². The molecule has 0 bridgehead atoms. The van der Waals surface area contributed by atoms with Crippen LogP contribution in [0.3, 0.4) is 0 Å². The fourth-order valence-electron chi connectivity index (χ4n) is 2.39. The highest BCUT2D eigenvalue weighted by atomic mass is 35.5. The normalized spacial score (nSPS) is 12.0. The van der Waals surface area contributed by atoms with Crippen LogP contribution in [0.25, 0.3) is 0 Å². The molecule has 2 aromatic carbocycles. The first-order valence-electron chi connectivity index (χ1n) is 7.10. The molecule has 2 nitrogen and oxygen atoms in total. The molecule has 0 heterocycles. The van der Waals surface area contributed by atoms with Crippen molar-refractivity contribution in [3.8, 4) is 6.07 Å². The Labute approximate surface area is 131 Å². The molecule has 0 fully saturated rings. The molecule has 0 saturated heterocycles. The van der Waals surface area contributed by atoms with E-state index in [1.54, 1.807) is 12.1 Å². The summed E-state index contributed by atoms with van der Waals surface area (Å²) >= 11 is 6.20. The van der Waals surface area contributed by atoms with Gasteiger partial charge in [-0.1, -0.05) is 55.8 Å². The number of rotatable bonds is 5. The SMILES string of the molecule is CC(C)C(CNc1ccc(C#N)cc1Cl)c1ccccc1. The average molecular weight is 299 g/mol. The summed E-state index contributed by atoms with van der Waals surface area (Å²) in [5.74, 6) is 0.940. The predicted octanol–water partition coefficient (Wildman–Crippen LogP) is 5.06. The second-order valence-electron chi connectivity index (χ2n) is 5.45. The monoisotopic (exact) mass is 298 g/mol. The van der Waals surface area contributed by atoms with E-state index in [4.69, 9.17) is 16.9 Å². The second-order valence-corrected chi connectivity index (χ2v) is 5.86. The highest BCUT2D eigenvalue weighted by Crippen LogP contribution is 2.27. The van der Waals surface area contributed by atoms with Gasteiger partial charge >= 0.3 is 0 Å². The molecule has 1 atom stereocenters. The summed E-state index contributed by atoms with van der Waals surface area (Å²) in [5, 5.41) is 12.9. The lowest BCUT2D eigenvalue weighted by molar-refractivity contribution is 0.517. The molecule has 0 aromatic heterocycles. The first-order chi connectivity index (χ1) is 10.1. The van der Waals surface area contributed by atoms with Crippen LogP contribution < -0.4 is 5.32 Å². The molecule has 0 spiro atoms. The molecule has 0 amide bonds. The zero-order valence-corrected chi connectivity index (χ0v) is 13.1. The number of nitrogens with zero attached hydrogens (tertiary/aromatic N) is 1. The fraction of sp³-hybridized carbons (Fsp3) is 0.278. The Hall–Kier alpha value is -1.98. The molecule has 1 N–H and O–H groups in total. The Bertz CT molecular complexity index is 629. The zero-order valence-electron chi connectivity index (χ0n) is 12.3. The standard InChI is InChI=1S/C18H19ClN2/c1-13(2)16(15-6-4-3-5-7-15)12-21-18-9-8-14(11-20)10-17(18)19/h3-10,13,16,21H,12H2,1-2H3. The topological polar surface area (TPSA) is 35.8 Å².